The van der Waals surface area contributed by atoms with Crippen LogP contribution in [0.1, 0.15) is 37.7 Å². The Kier molecular flexibility index (Phi) is 3.32. The number of hydrogen-bond acceptors (Lipinski definition) is 3. The van der Waals surface area contributed by atoms with Gasteiger partial charge in [0.25, 0.3) is 5.69 Å². The van der Waals surface area contributed by atoms with Gasteiger partial charge in [-0.1, -0.05) is 25.0 Å². The Morgan fingerprint density at radius 3 is 2.28 bits per heavy atom. The average molecular weight is 249 g/mol. The number of benzene rings is 1. The van der Waals surface area contributed by atoms with E-state index in [1.165, 1.54) is 12.1 Å². The van der Waals surface area contributed by atoms with Crippen molar-refractivity contribution in [3.63, 3.8) is 0 Å². The zero-order chi connectivity index (χ0) is 13.2. The van der Waals surface area contributed by atoms with Crippen LogP contribution in [0.25, 0.3) is 0 Å². The summed E-state index contributed by atoms with van der Waals surface area (Å²) < 4.78 is 0. The fourth-order valence-electron chi connectivity index (χ4n) is 2.85. The predicted molar refractivity (Wildman–Crippen MR) is 65.5 cm³/mol. The first kappa shape index (κ1) is 12.5. The summed E-state index contributed by atoms with van der Waals surface area (Å²) in [7, 11) is 0. The molecule has 5 heteroatoms. The molecule has 1 fully saturated rings. The maximum Gasteiger partial charge on any atom is 0.304 e. The van der Waals surface area contributed by atoms with Gasteiger partial charge >= 0.3 is 5.97 Å². The molecule has 1 saturated carbocycles. The number of carboxylic acids is 1. The van der Waals surface area contributed by atoms with Crippen LogP contribution >= 0.6 is 0 Å². The third kappa shape index (κ3) is 2.34. The number of carbonyl (C=O) groups is 1. The van der Waals surface area contributed by atoms with E-state index in [-0.39, 0.29) is 17.5 Å². The van der Waals surface area contributed by atoms with Gasteiger partial charge in [0.2, 0.25) is 0 Å². The Balaban J connectivity index is 2.31. The fraction of sp³-hybridized carbons (Fsp3) is 0.462. The molecule has 5 nitrogen and oxygen atoms in total. The summed E-state index contributed by atoms with van der Waals surface area (Å²) in [5.41, 5.74) is 0.622. The number of carboxylic acid groups (broad SMARTS) is 1. The first-order valence-electron chi connectivity index (χ1n) is 6.00. The van der Waals surface area contributed by atoms with E-state index >= 15 is 0 Å². The Morgan fingerprint density at radius 1 is 1.28 bits per heavy atom. The number of hydrogen-bond donors (Lipinski definition) is 1. The van der Waals surface area contributed by atoms with Crippen LogP contribution in [0, 0.1) is 10.1 Å². The van der Waals surface area contributed by atoms with Crippen LogP contribution in [-0.4, -0.2) is 16.0 Å². The average Bonchev–Trinajstić information content (AvgIpc) is 2.78. The summed E-state index contributed by atoms with van der Waals surface area (Å²) in [5, 5.41) is 19.6. The van der Waals surface area contributed by atoms with Crippen molar-refractivity contribution in [1.29, 1.82) is 0 Å². The van der Waals surface area contributed by atoms with Gasteiger partial charge in [0, 0.05) is 17.5 Å². The highest BCUT2D eigenvalue weighted by Crippen LogP contribution is 2.44. The quantitative estimate of drug-likeness (QED) is 0.657. The van der Waals surface area contributed by atoms with Gasteiger partial charge in [-0.05, 0) is 18.4 Å². The Labute approximate surface area is 105 Å². The minimum absolute atomic E-state index is 0.0437. The van der Waals surface area contributed by atoms with Crippen LogP contribution in [0.2, 0.25) is 0 Å². The van der Waals surface area contributed by atoms with Crippen molar-refractivity contribution in [3.8, 4) is 0 Å². The number of nitrogens with zero attached hydrogens (tertiary/aromatic N) is 1. The first-order valence-corrected chi connectivity index (χ1v) is 6.00. The molecule has 0 amide bonds. The number of nitro groups is 1. The lowest BCUT2D eigenvalue weighted by atomic mass is 9.76. The topological polar surface area (TPSA) is 80.4 Å². The van der Waals surface area contributed by atoms with E-state index < -0.39 is 10.9 Å². The molecule has 0 aliphatic heterocycles. The zero-order valence-corrected chi connectivity index (χ0v) is 9.96. The summed E-state index contributed by atoms with van der Waals surface area (Å²) in [6.07, 6.45) is 3.83. The van der Waals surface area contributed by atoms with Gasteiger partial charge in [-0.3, -0.25) is 14.9 Å². The van der Waals surface area contributed by atoms with Crippen LogP contribution in [0.3, 0.4) is 0 Å². The van der Waals surface area contributed by atoms with Gasteiger partial charge < -0.3 is 5.11 Å². The van der Waals surface area contributed by atoms with Crippen molar-refractivity contribution in [1.82, 2.24) is 0 Å². The molecule has 96 valence electrons. The molecule has 0 aromatic heterocycles. The number of non-ortho nitro benzene ring substituents is 1. The maximum atomic E-state index is 11.0. The molecule has 0 radical (unpaired) electrons. The highest BCUT2D eigenvalue weighted by molar-refractivity contribution is 5.69. The minimum atomic E-state index is -0.810. The Bertz CT molecular complexity index is 460. The zero-order valence-electron chi connectivity index (χ0n) is 9.96. The molecule has 1 N–H and O–H groups in total. The normalized spacial score (nSPS) is 17.6. The van der Waals surface area contributed by atoms with Gasteiger partial charge in [0.15, 0.2) is 0 Å². The Morgan fingerprint density at radius 2 is 1.83 bits per heavy atom. The van der Waals surface area contributed by atoms with E-state index in [1.807, 2.05) is 0 Å². The van der Waals surface area contributed by atoms with Crippen molar-refractivity contribution >= 4 is 11.7 Å². The van der Waals surface area contributed by atoms with Crippen molar-refractivity contribution in [2.24, 2.45) is 0 Å². The maximum absolute atomic E-state index is 11.0. The molecular formula is C13H15NO4. The number of rotatable bonds is 4. The molecule has 0 spiro atoms. The third-order valence-electron chi connectivity index (χ3n) is 3.74. The van der Waals surface area contributed by atoms with Gasteiger partial charge in [-0.15, -0.1) is 0 Å². The van der Waals surface area contributed by atoms with Gasteiger partial charge in [0.1, 0.15) is 0 Å². The molecule has 1 aliphatic rings. The van der Waals surface area contributed by atoms with Crippen molar-refractivity contribution < 1.29 is 14.8 Å². The minimum Gasteiger partial charge on any atom is -0.481 e. The predicted octanol–water partition coefficient (Wildman–Crippen LogP) is 2.88. The van der Waals surface area contributed by atoms with Gasteiger partial charge in [-0.25, -0.2) is 0 Å². The lowest BCUT2D eigenvalue weighted by Crippen LogP contribution is -2.25. The molecule has 18 heavy (non-hydrogen) atoms. The molecular weight excluding hydrogens is 234 g/mol. The highest BCUT2D eigenvalue weighted by atomic mass is 16.6. The van der Waals surface area contributed by atoms with Crippen LogP contribution in [-0.2, 0) is 10.2 Å². The summed E-state index contributed by atoms with van der Waals surface area (Å²) in [4.78, 5) is 21.2. The van der Waals surface area contributed by atoms with E-state index in [2.05, 4.69) is 0 Å². The standard InChI is InChI=1S/C13H15NO4/c15-12(16)9-13(7-1-2-8-13)10-3-5-11(6-4-10)14(17)18/h3-6H,1-2,7-9H2,(H,15,16). The molecule has 2 rings (SSSR count). The van der Waals surface area contributed by atoms with Crippen LogP contribution in [0.4, 0.5) is 5.69 Å². The molecule has 0 atom stereocenters. The molecule has 1 aromatic rings. The lowest BCUT2D eigenvalue weighted by molar-refractivity contribution is -0.384. The van der Waals surface area contributed by atoms with Crippen molar-refractivity contribution in [2.45, 2.75) is 37.5 Å². The fourth-order valence-corrected chi connectivity index (χ4v) is 2.85. The van der Waals surface area contributed by atoms with E-state index in [1.54, 1.807) is 12.1 Å². The molecule has 0 saturated heterocycles. The largest absolute Gasteiger partial charge is 0.481 e. The van der Waals surface area contributed by atoms with Crippen molar-refractivity contribution in [2.75, 3.05) is 0 Å². The Hall–Kier alpha value is -1.91. The monoisotopic (exact) mass is 249 g/mol. The highest BCUT2D eigenvalue weighted by Gasteiger charge is 2.37. The van der Waals surface area contributed by atoms with E-state index in [0.29, 0.717) is 0 Å². The van der Waals surface area contributed by atoms with Gasteiger partial charge in [-0.2, -0.15) is 0 Å². The SMILES string of the molecule is O=C(O)CC1(c2ccc([N+](=O)[O-])cc2)CCCC1. The van der Waals surface area contributed by atoms with E-state index in [4.69, 9.17) is 5.11 Å². The van der Waals surface area contributed by atoms with Gasteiger partial charge in [0.05, 0.1) is 11.3 Å². The summed E-state index contributed by atoms with van der Waals surface area (Å²) in [5.74, 6) is -0.810. The molecule has 0 bridgehead atoms. The van der Waals surface area contributed by atoms with Crippen LogP contribution in [0.5, 0.6) is 0 Å². The number of nitro benzene ring substituents is 1. The first-order chi connectivity index (χ1) is 8.53. The van der Waals surface area contributed by atoms with E-state index in [9.17, 15) is 14.9 Å². The van der Waals surface area contributed by atoms with Crippen LogP contribution in [0.15, 0.2) is 24.3 Å². The van der Waals surface area contributed by atoms with Crippen molar-refractivity contribution in [3.05, 3.63) is 39.9 Å². The van der Waals surface area contributed by atoms with E-state index in [0.717, 1.165) is 31.2 Å². The smallest absolute Gasteiger partial charge is 0.304 e. The van der Waals surface area contributed by atoms with Crippen LogP contribution < -0.4 is 0 Å². The summed E-state index contributed by atoms with van der Waals surface area (Å²) >= 11 is 0. The second kappa shape index (κ2) is 4.76. The molecule has 0 unspecified atom stereocenters. The molecule has 1 aliphatic carbocycles. The third-order valence-corrected chi connectivity index (χ3v) is 3.74. The summed E-state index contributed by atoms with van der Waals surface area (Å²) in [6, 6.07) is 6.31. The molecule has 1 aromatic carbocycles. The number of aliphatic carboxylic acids is 1. The second-order valence-electron chi connectivity index (χ2n) is 4.86. The lowest BCUT2D eigenvalue weighted by Gasteiger charge is -2.27. The molecule has 0 heterocycles. The summed E-state index contributed by atoms with van der Waals surface area (Å²) in [6.45, 7) is 0. The second-order valence-corrected chi connectivity index (χ2v) is 4.86.